The van der Waals surface area contributed by atoms with Crippen LogP contribution in [0, 0.1) is 0 Å². The molecule has 0 aliphatic heterocycles. The van der Waals surface area contributed by atoms with Crippen LogP contribution in [0.5, 0.6) is 0 Å². The van der Waals surface area contributed by atoms with E-state index in [1.807, 2.05) is 25.2 Å². The van der Waals surface area contributed by atoms with Crippen molar-refractivity contribution in [2.24, 2.45) is 0 Å². The maximum absolute atomic E-state index is 10.9. The van der Waals surface area contributed by atoms with Crippen molar-refractivity contribution in [3.63, 3.8) is 0 Å². The molecule has 1 N–H and O–H groups in total. The van der Waals surface area contributed by atoms with Crippen molar-refractivity contribution in [1.29, 1.82) is 0 Å². The zero-order valence-corrected chi connectivity index (χ0v) is 10.9. The zero-order valence-electron chi connectivity index (χ0n) is 10.0. The van der Waals surface area contributed by atoms with Gasteiger partial charge in [-0.15, -0.1) is 11.3 Å². The lowest BCUT2D eigenvalue weighted by molar-refractivity contribution is 0.0689. The molecule has 2 rings (SSSR count). The van der Waals surface area contributed by atoms with E-state index in [-0.39, 0.29) is 5.69 Å². The summed E-state index contributed by atoms with van der Waals surface area (Å²) in [5.41, 5.74) is 2.95. The number of benzene rings is 1. The smallest absolute Gasteiger partial charge is 0.355 e. The van der Waals surface area contributed by atoms with Crippen LogP contribution < -0.4 is 0 Å². The number of hydrogen-bond donors (Lipinski definition) is 1. The minimum Gasteiger partial charge on any atom is -0.476 e. The summed E-state index contributed by atoms with van der Waals surface area (Å²) in [4.78, 5) is 17.7. The summed E-state index contributed by atoms with van der Waals surface area (Å²) >= 11 is 1.38. The summed E-state index contributed by atoms with van der Waals surface area (Å²) in [6, 6.07) is 10.1. The molecule has 5 heteroatoms. The molecule has 0 spiro atoms. The molecule has 94 valence electrons. The molecule has 0 bridgehead atoms. The fourth-order valence-corrected chi connectivity index (χ4v) is 2.59. The van der Waals surface area contributed by atoms with E-state index in [0.717, 1.165) is 11.4 Å². The maximum atomic E-state index is 10.9. The van der Waals surface area contributed by atoms with E-state index in [9.17, 15) is 4.79 Å². The van der Waals surface area contributed by atoms with Crippen molar-refractivity contribution in [1.82, 2.24) is 9.88 Å². The van der Waals surface area contributed by atoms with Gasteiger partial charge in [0.05, 0.1) is 10.4 Å². The van der Waals surface area contributed by atoms with Crippen LogP contribution in [0.25, 0.3) is 0 Å². The van der Waals surface area contributed by atoms with Crippen LogP contribution in [-0.2, 0) is 13.1 Å². The molecule has 0 radical (unpaired) electrons. The van der Waals surface area contributed by atoms with Crippen molar-refractivity contribution in [2.75, 3.05) is 7.05 Å². The highest BCUT2D eigenvalue weighted by atomic mass is 32.1. The average Bonchev–Trinajstić information content (AvgIpc) is 2.78. The van der Waals surface area contributed by atoms with Gasteiger partial charge in [0.15, 0.2) is 5.69 Å². The lowest BCUT2D eigenvalue weighted by Crippen LogP contribution is -2.18. The third-order valence-corrected chi connectivity index (χ3v) is 3.37. The van der Waals surface area contributed by atoms with Gasteiger partial charge in [-0.2, -0.15) is 0 Å². The third-order valence-electron chi connectivity index (χ3n) is 2.55. The Morgan fingerprint density at radius 2 is 2.06 bits per heavy atom. The van der Waals surface area contributed by atoms with Gasteiger partial charge < -0.3 is 5.11 Å². The predicted molar refractivity (Wildman–Crippen MR) is 70.7 cm³/mol. The van der Waals surface area contributed by atoms with Crippen LogP contribution in [0.3, 0.4) is 0 Å². The van der Waals surface area contributed by atoms with Crippen LogP contribution in [0.2, 0.25) is 0 Å². The van der Waals surface area contributed by atoms with Gasteiger partial charge in [-0.05, 0) is 12.6 Å². The molecule has 0 fully saturated rings. The molecule has 0 aliphatic rings. The summed E-state index contributed by atoms with van der Waals surface area (Å²) in [5, 5.41) is 8.98. The second-order valence-electron chi connectivity index (χ2n) is 4.09. The quantitative estimate of drug-likeness (QED) is 0.899. The van der Waals surface area contributed by atoms with Gasteiger partial charge in [0.2, 0.25) is 0 Å². The number of nitrogens with zero attached hydrogens (tertiary/aromatic N) is 2. The highest BCUT2D eigenvalue weighted by molar-refractivity contribution is 7.09. The highest BCUT2D eigenvalue weighted by Gasteiger charge is 2.14. The summed E-state index contributed by atoms with van der Waals surface area (Å²) < 4.78 is 0. The van der Waals surface area contributed by atoms with Crippen molar-refractivity contribution in [3.05, 3.63) is 52.0 Å². The van der Waals surface area contributed by atoms with Gasteiger partial charge in [0.1, 0.15) is 0 Å². The van der Waals surface area contributed by atoms with Gasteiger partial charge in [0.25, 0.3) is 0 Å². The molecular weight excluding hydrogens is 248 g/mol. The molecule has 0 saturated carbocycles. The third kappa shape index (κ3) is 3.15. The average molecular weight is 262 g/mol. The highest BCUT2D eigenvalue weighted by Crippen LogP contribution is 2.16. The minimum atomic E-state index is -0.959. The Morgan fingerprint density at radius 1 is 1.33 bits per heavy atom. The standard InChI is InChI=1S/C13H14N2O2S/c1-15(7-10-5-3-2-4-6-10)8-11-12(13(16)17)14-9-18-11/h2-6,9H,7-8H2,1H3,(H,16,17). The maximum Gasteiger partial charge on any atom is 0.355 e. The van der Waals surface area contributed by atoms with Crippen LogP contribution >= 0.6 is 11.3 Å². The first-order chi connectivity index (χ1) is 8.66. The second kappa shape index (κ2) is 5.75. The Labute approximate surface area is 110 Å². The first kappa shape index (κ1) is 12.7. The van der Waals surface area contributed by atoms with Gasteiger partial charge in [0, 0.05) is 13.1 Å². The number of hydrogen-bond acceptors (Lipinski definition) is 4. The molecule has 1 aromatic heterocycles. The lowest BCUT2D eigenvalue weighted by Gasteiger charge is -2.15. The molecule has 18 heavy (non-hydrogen) atoms. The van der Waals surface area contributed by atoms with E-state index in [1.165, 1.54) is 16.9 Å². The van der Waals surface area contributed by atoms with Gasteiger partial charge in [-0.25, -0.2) is 9.78 Å². The first-order valence-electron chi connectivity index (χ1n) is 5.55. The molecule has 0 unspecified atom stereocenters. The Balaban J connectivity index is 2.01. The normalized spacial score (nSPS) is 10.8. The molecule has 0 saturated heterocycles. The monoisotopic (exact) mass is 262 g/mol. The van der Waals surface area contributed by atoms with E-state index in [4.69, 9.17) is 5.11 Å². The molecule has 4 nitrogen and oxygen atoms in total. The number of carboxylic acids is 1. The SMILES string of the molecule is CN(Cc1ccccc1)Cc1scnc1C(=O)O. The van der Waals surface area contributed by atoms with Crippen molar-refractivity contribution in [3.8, 4) is 0 Å². The van der Waals surface area contributed by atoms with Gasteiger partial charge in [-0.3, -0.25) is 4.90 Å². The van der Waals surface area contributed by atoms with Gasteiger partial charge in [-0.1, -0.05) is 30.3 Å². The predicted octanol–water partition coefficient (Wildman–Crippen LogP) is 2.47. The van der Waals surface area contributed by atoms with Crippen LogP contribution in [0.15, 0.2) is 35.8 Å². The van der Waals surface area contributed by atoms with E-state index >= 15 is 0 Å². The molecule has 0 amide bonds. The molecule has 1 heterocycles. The van der Waals surface area contributed by atoms with E-state index < -0.39 is 5.97 Å². The van der Waals surface area contributed by atoms with E-state index in [2.05, 4.69) is 22.0 Å². The fraction of sp³-hybridized carbons (Fsp3) is 0.231. The summed E-state index contributed by atoms with van der Waals surface area (Å²) in [6.07, 6.45) is 0. The number of rotatable bonds is 5. The Kier molecular flexibility index (Phi) is 4.07. The van der Waals surface area contributed by atoms with Gasteiger partial charge >= 0.3 is 5.97 Å². The number of carboxylic acid groups (broad SMARTS) is 1. The van der Waals surface area contributed by atoms with E-state index in [1.54, 1.807) is 5.51 Å². The molecule has 0 atom stereocenters. The molecule has 0 aliphatic carbocycles. The van der Waals surface area contributed by atoms with Crippen LogP contribution in [-0.4, -0.2) is 28.0 Å². The fourth-order valence-electron chi connectivity index (χ4n) is 1.75. The Morgan fingerprint density at radius 3 is 2.72 bits per heavy atom. The van der Waals surface area contributed by atoms with Crippen LogP contribution in [0.1, 0.15) is 20.9 Å². The molecule has 1 aromatic carbocycles. The number of carbonyl (C=O) groups is 1. The summed E-state index contributed by atoms with van der Waals surface area (Å²) in [5.74, 6) is -0.959. The second-order valence-corrected chi connectivity index (χ2v) is 5.03. The topological polar surface area (TPSA) is 53.4 Å². The first-order valence-corrected chi connectivity index (χ1v) is 6.43. The molecular formula is C13H14N2O2S. The number of aromatic nitrogens is 1. The zero-order chi connectivity index (χ0) is 13.0. The van der Waals surface area contributed by atoms with Crippen molar-refractivity contribution in [2.45, 2.75) is 13.1 Å². The summed E-state index contributed by atoms with van der Waals surface area (Å²) in [6.45, 7) is 1.39. The van der Waals surface area contributed by atoms with Crippen molar-refractivity contribution >= 4 is 17.3 Å². The lowest BCUT2D eigenvalue weighted by atomic mass is 10.2. The number of aromatic carboxylic acids is 1. The number of thiazole rings is 1. The summed E-state index contributed by atoms with van der Waals surface area (Å²) in [7, 11) is 1.97. The van der Waals surface area contributed by atoms with Crippen molar-refractivity contribution < 1.29 is 9.90 Å². The largest absolute Gasteiger partial charge is 0.476 e. The minimum absolute atomic E-state index is 0.167. The molecule has 2 aromatic rings. The Hall–Kier alpha value is -1.72. The Bertz CT molecular complexity index is 525. The van der Waals surface area contributed by atoms with E-state index in [0.29, 0.717) is 6.54 Å². The van der Waals surface area contributed by atoms with Crippen LogP contribution in [0.4, 0.5) is 0 Å².